The van der Waals surface area contributed by atoms with Crippen LogP contribution in [-0.2, 0) is 11.2 Å². The highest BCUT2D eigenvalue weighted by Gasteiger charge is 2.18. The molecule has 0 aliphatic carbocycles. The normalized spacial score (nSPS) is 13.8. The first-order valence-electron chi connectivity index (χ1n) is 12.2. The second-order valence-corrected chi connectivity index (χ2v) is 9.71. The van der Waals surface area contributed by atoms with E-state index in [2.05, 4.69) is 32.2 Å². The number of hydrogen-bond donors (Lipinski definition) is 1. The Labute approximate surface area is 217 Å². The van der Waals surface area contributed by atoms with Crippen LogP contribution in [0.5, 0.6) is 0 Å². The van der Waals surface area contributed by atoms with E-state index in [1.165, 1.54) is 16.9 Å². The minimum absolute atomic E-state index is 0.0206. The summed E-state index contributed by atoms with van der Waals surface area (Å²) in [5.41, 5.74) is 5.51. The van der Waals surface area contributed by atoms with Crippen LogP contribution in [0.15, 0.2) is 63.4 Å². The average molecular weight is 515 g/mol. The fourth-order valence-corrected chi connectivity index (χ4v) is 5.34. The third-order valence-electron chi connectivity index (χ3n) is 6.46. The van der Waals surface area contributed by atoms with Crippen molar-refractivity contribution in [1.82, 2.24) is 19.7 Å². The maximum Gasteiger partial charge on any atom is 0.229 e. The summed E-state index contributed by atoms with van der Waals surface area (Å²) >= 11 is 1.41. The first-order chi connectivity index (χ1) is 18.1. The molecule has 37 heavy (non-hydrogen) atoms. The van der Waals surface area contributed by atoms with E-state index < -0.39 is 0 Å². The number of hydrogen-bond acceptors (Lipinski definition) is 9. The number of thiophene rings is 1. The molecule has 0 atom stereocenters. The Morgan fingerprint density at radius 3 is 2.70 bits per heavy atom. The standard InChI is InChI=1S/C27H26N6O3S/c1-3-18-15-33(31-17(18)2)23-8-9-28-27(30-23)29-20-6-4-19(5-7-20)21-16-37-26-22(34)14-24(36-25(21)26)32-10-12-35-13-11-32/h4-9,14-16H,3,10-13H2,1-2H3,(H,28,29,30). The predicted octanol–water partition coefficient (Wildman–Crippen LogP) is 4.95. The lowest BCUT2D eigenvalue weighted by Gasteiger charge is -2.27. The lowest BCUT2D eigenvalue weighted by molar-refractivity contribution is 0.121. The summed E-state index contributed by atoms with van der Waals surface area (Å²) in [6, 6.07) is 11.3. The minimum Gasteiger partial charge on any atom is -0.439 e. The van der Waals surface area contributed by atoms with Crippen LogP contribution in [0.1, 0.15) is 18.2 Å². The number of anilines is 3. The van der Waals surface area contributed by atoms with Crippen molar-refractivity contribution in [3.63, 3.8) is 0 Å². The van der Waals surface area contributed by atoms with Gasteiger partial charge in [0.1, 0.15) is 4.70 Å². The molecule has 6 rings (SSSR count). The number of nitrogens with one attached hydrogen (secondary N) is 1. The second kappa shape index (κ2) is 9.79. The summed E-state index contributed by atoms with van der Waals surface area (Å²) in [5, 5.41) is 9.81. The maximum atomic E-state index is 12.8. The van der Waals surface area contributed by atoms with Crippen LogP contribution in [0.2, 0.25) is 0 Å². The van der Waals surface area contributed by atoms with E-state index in [-0.39, 0.29) is 5.43 Å². The zero-order valence-corrected chi connectivity index (χ0v) is 21.4. The first kappa shape index (κ1) is 23.4. The molecule has 10 heteroatoms. The molecule has 1 aromatic carbocycles. The van der Waals surface area contributed by atoms with E-state index in [9.17, 15) is 4.79 Å². The van der Waals surface area contributed by atoms with Crippen LogP contribution >= 0.6 is 11.3 Å². The van der Waals surface area contributed by atoms with Gasteiger partial charge < -0.3 is 19.4 Å². The van der Waals surface area contributed by atoms with Crippen molar-refractivity contribution in [3.8, 4) is 16.9 Å². The summed E-state index contributed by atoms with van der Waals surface area (Å²) in [5.74, 6) is 1.78. The van der Waals surface area contributed by atoms with Gasteiger partial charge in [0.25, 0.3) is 0 Å². The average Bonchev–Trinajstić information content (AvgIpc) is 3.53. The van der Waals surface area contributed by atoms with Crippen LogP contribution in [0.4, 0.5) is 17.5 Å². The fourth-order valence-electron chi connectivity index (χ4n) is 4.43. The molecule has 1 fully saturated rings. The monoisotopic (exact) mass is 514 g/mol. The number of fused-ring (bicyclic) bond motifs is 1. The molecule has 188 valence electrons. The van der Waals surface area contributed by atoms with Crippen LogP contribution < -0.4 is 15.6 Å². The molecule has 9 nitrogen and oxygen atoms in total. The third-order valence-corrected chi connectivity index (χ3v) is 7.44. The molecule has 0 radical (unpaired) electrons. The smallest absolute Gasteiger partial charge is 0.229 e. The van der Waals surface area contributed by atoms with E-state index in [0.29, 0.717) is 54.2 Å². The molecular weight excluding hydrogens is 488 g/mol. The van der Waals surface area contributed by atoms with Gasteiger partial charge >= 0.3 is 0 Å². The second-order valence-electron chi connectivity index (χ2n) is 8.83. The zero-order valence-electron chi connectivity index (χ0n) is 20.6. The summed E-state index contributed by atoms with van der Waals surface area (Å²) in [7, 11) is 0. The highest BCUT2D eigenvalue weighted by atomic mass is 32.1. The summed E-state index contributed by atoms with van der Waals surface area (Å²) in [6.45, 7) is 6.78. The molecule has 5 aromatic rings. The lowest BCUT2D eigenvalue weighted by Crippen LogP contribution is -2.36. The van der Waals surface area contributed by atoms with Crippen molar-refractivity contribution >= 4 is 39.1 Å². The molecule has 0 bridgehead atoms. The summed E-state index contributed by atoms with van der Waals surface area (Å²) in [4.78, 5) is 23.8. The van der Waals surface area contributed by atoms with Gasteiger partial charge in [-0.15, -0.1) is 11.3 Å². The molecule has 0 unspecified atom stereocenters. The van der Waals surface area contributed by atoms with Gasteiger partial charge in [0, 0.05) is 54.2 Å². The van der Waals surface area contributed by atoms with E-state index in [1.807, 2.05) is 48.8 Å². The van der Waals surface area contributed by atoms with Crippen molar-refractivity contribution in [2.75, 3.05) is 36.5 Å². The molecule has 1 N–H and O–H groups in total. The van der Waals surface area contributed by atoms with Crippen LogP contribution in [0.3, 0.4) is 0 Å². The Morgan fingerprint density at radius 2 is 1.95 bits per heavy atom. The van der Waals surface area contributed by atoms with Crippen LogP contribution in [0.25, 0.3) is 27.2 Å². The molecule has 0 spiro atoms. The van der Waals surface area contributed by atoms with E-state index in [0.717, 1.165) is 28.9 Å². The predicted molar refractivity (Wildman–Crippen MR) is 145 cm³/mol. The number of aryl methyl sites for hydroxylation is 2. The topological polar surface area (TPSA) is 98.3 Å². The van der Waals surface area contributed by atoms with Gasteiger partial charge in [-0.05, 0) is 36.6 Å². The molecule has 5 heterocycles. The Balaban J connectivity index is 1.25. The van der Waals surface area contributed by atoms with Gasteiger partial charge in [-0.25, -0.2) is 9.67 Å². The van der Waals surface area contributed by atoms with E-state index in [1.54, 1.807) is 16.9 Å². The van der Waals surface area contributed by atoms with Gasteiger partial charge in [-0.1, -0.05) is 19.1 Å². The van der Waals surface area contributed by atoms with Crippen LogP contribution in [-0.4, -0.2) is 46.1 Å². The largest absolute Gasteiger partial charge is 0.439 e. The van der Waals surface area contributed by atoms with Crippen molar-refractivity contribution in [2.24, 2.45) is 0 Å². The molecule has 4 aromatic heterocycles. The van der Waals surface area contributed by atoms with Gasteiger partial charge in [-0.3, -0.25) is 4.79 Å². The lowest BCUT2D eigenvalue weighted by atomic mass is 10.1. The number of morpholine rings is 1. The highest BCUT2D eigenvalue weighted by Crippen LogP contribution is 2.35. The minimum atomic E-state index is -0.0206. The van der Waals surface area contributed by atoms with E-state index in [4.69, 9.17) is 9.15 Å². The molecular formula is C27H26N6O3S. The van der Waals surface area contributed by atoms with Crippen molar-refractivity contribution < 1.29 is 9.15 Å². The fraction of sp³-hybridized carbons (Fsp3) is 0.259. The first-order valence-corrected chi connectivity index (χ1v) is 13.1. The Kier molecular flexibility index (Phi) is 6.19. The molecule has 1 aliphatic rings. The Morgan fingerprint density at radius 1 is 1.14 bits per heavy atom. The van der Waals surface area contributed by atoms with E-state index >= 15 is 0 Å². The SMILES string of the molecule is CCc1cn(-c2ccnc(Nc3ccc(-c4csc5c(=O)cc(N6CCOCC6)oc45)cc3)n2)nc1C. The highest BCUT2D eigenvalue weighted by molar-refractivity contribution is 7.17. The Hall–Kier alpha value is -4.02. The summed E-state index contributed by atoms with van der Waals surface area (Å²) < 4.78 is 14.1. The quantitative estimate of drug-likeness (QED) is 0.340. The third kappa shape index (κ3) is 4.61. The number of ether oxygens (including phenoxy) is 1. The van der Waals surface area contributed by atoms with Crippen LogP contribution in [0, 0.1) is 6.92 Å². The van der Waals surface area contributed by atoms with Gasteiger partial charge in [0.2, 0.25) is 11.4 Å². The van der Waals surface area contributed by atoms with Gasteiger partial charge in [0.15, 0.2) is 17.3 Å². The maximum absolute atomic E-state index is 12.8. The molecule has 1 saturated heterocycles. The van der Waals surface area contributed by atoms with Crippen molar-refractivity contribution in [1.29, 1.82) is 0 Å². The zero-order chi connectivity index (χ0) is 25.4. The molecule has 0 saturated carbocycles. The van der Waals surface area contributed by atoms with Crippen molar-refractivity contribution in [3.05, 3.63) is 75.7 Å². The van der Waals surface area contributed by atoms with Gasteiger partial charge in [0.05, 0.1) is 18.9 Å². The number of nitrogens with zero attached hydrogens (tertiary/aromatic N) is 5. The number of aromatic nitrogens is 4. The van der Waals surface area contributed by atoms with Crippen molar-refractivity contribution in [2.45, 2.75) is 20.3 Å². The molecule has 0 amide bonds. The number of benzene rings is 1. The summed E-state index contributed by atoms with van der Waals surface area (Å²) in [6.07, 6.45) is 4.64. The number of rotatable bonds is 6. The molecule has 1 aliphatic heterocycles. The van der Waals surface area contributed by atoms with Gasteiger partial charge in [-0.2, -0.15) is 10.1 Å². The Bertz CT molecular complexity index is 1620.